The van der Waals surface area contributed by atoms with E-state index >= 15 is 0 Å². The number of hydrogen-bond donors (Lipinski definition) is 1. The van der Waals surface area contributed by atoms with Gasteiger partial charge in [0.25, 0.3) is 0 Å². The zero-order chi connectivity index (χ0) is 13.8. The van der Waals surface area contributed by atoms with Gasteiger partial charge in [-0.2, -0.15) is 0 Å². The molecule has 0 atom stereocenters. The van der Waals surface area contributed by atoms with Crippen molar-refractivity contribution in [1.29, 1.82) is 0 Å². The van der Waals surface area contributed by atoms with Gasteiger partial charge in [-0.3, -0.25) is 0 Å². The fraction of sp³-hybridized carbons (Fsp3) is 1.00. The Hall–Kier alpha value is -0.0400. The molecule has 1 N–H and O–H groups in total. The van der Waals surface area contributed by atoms with Gasteiger partial charge in [0.05, 0.1) is 0 Å². The molecular formula is C18H37N. The lowest BCUT2D eigenvalue weighted by molar-refractivity contribution is 0.249. The van der Waals surface area contributed by atoms with Gasteiger partial charge in [-0.25, -0.2) is 0 Å². The molecule has 0 aromatic heterocycles. The Morgan fingerprint density at radius 2 is 1.37 bits per heavy atom. The van der Waals surface area contributed by atoms with Crippen molar-refractivity contribution in [3.63, 3.8) is 0 Å². The first kappa shape index (κ1) is 17.0. The van der Waals surface area contributed by atoms with Crippen LogP contribution < -0.4 is 5.32 Å². The van der Waals surface area contributed by atoms with E-state index in [0.717, 1.165) is 6.54 Å². The van der Waals surface area contributed by atoms with Crippen molar-refractivity contribution in [3.05, 3.63) is 0 Å². The van der Waals surface area contributed by atoms with E-state index in [1.807, 2.05) is 0 Å². The average Bonchev–Trinajstić information content (AvgIpc) is 2.89. The number of unbranched alkanes of at least 4 members (excludes halogenated alkanes) is 7. The lowest BCUT2D eigenvalue weighted by atomic mass is 9.80. The van der Waals surface area contributed by atoms with E-state index in [-0.39, 0.29) is 0 Å². The van der Waals surface area contributed by atoms with Crippen LogP contribution in [0.5, 0.6) is 0 Å². The summed E-state index contributed by atoms with van der Waals surface area (Å²) in [5.74, 6) is 0. The van der Waals surface area contributed by atoms with E-state index < -0.39 is 0 Å². The molecule has 0 saturated heterocycles. The fourth-order valence-corrected chi connectivity index (χ4v) is 3.66. The lowest BCUT2D eigenvalue weighted by Crippen LogP contribution is -2.32. The molecule has 0 amide bonds. The second kappa shape index (κ2) is 10.7. The molecule has 0 bridgehead atoms. The smallest absolute Gasteiger partial charge is 0.000769 e. The molecule has 1 rings (SSSR count). The van der Waals surface area contributed by atoms with Crippen LogP contribution >= 0.6 is 0 Å². The van der Waals surface area contributed by atoms with Gasteiger partial charge in [-0.1, -0.05) is 78.1 Å². The third-order valence-corrected chi connectivity index (χ3v) is 4.97. The molecule has 1 aliphatic rings. The van der Waals surface area contributed by atoms with Crippen LogP contribution in [0.15, 0.2) is 0 Å². The predicted octanol–water partition coefficient (Wildman–Crippen LogP) is 5.69. The van der Waals surface area contributed by atoms with Crippen molar-refractivity contribution < 1.29 is 0 Å². The van der Waals surface area contributed by atoms with E-state index in [4.69, 9.17) is 0 Å². The second-order valence-electron chi connectivity index (χ2n) is 6.71. The minimum absolute atomic E-state index is 0.679. The molecule has 1 nitrogen and oxygen atoms in total. The molecule has 0 radical (unpaired) electrons. The Kier molecular flexibility index (Phi) is 9.59. The molecule has 1 heteroatoms. The van der Waals surface area contributed by atoms with Crippen LogP contribution in [0.4, 0.5) is 0 Å². The Balaban J connectivity index is 2.02. The first-order valence-electron chi connectivity index (χ1n) is 9.04. The number of rotatable bonds is 12. The summed E-state index contributed by atoms with van der Waals surface area (Å²) in [5.41, 5.74) is 0.679. The lowest BCUT2D eigenvalue weighted by Gasteiger charge is -2.29. The summed E-state index contributed by atoms with van der Waals surface area (Å²) in [4.78, 5) is 0. The van der Waals surface area contributed by atoms with Crippen LogP contribution in [0.2, 0.25) is 0 Å². The number of hydrogen-bond acceptors (Lipinski definition) is 1. The SMILES string of the molecule is CCCCCCCCCCC1(CNCC)CCCC1. The maximum absolute atomic E-state index is 3.61. The molecule has 1 fully saturated rings. The molecule has 0 aliphatic heterocycles. The maximum Gasteiger partial charge on any atom is 0.000769 e. The first-order valence-corrected chi connectivity index (χ1v) is 9.04. The van der Waals surface area contributed by atoms with Crippen LogP contribution in [0, 0.1) is 5.41 Å². The van der Waals surface area contributed by atoms with Crippen LogP contribution in [-0.4, -0.2) is 13.1 Å². The molecular weight excluding hydrogens is 230 g/mol. The highest BCUT2D eigenvalue weighted by Crippen LogP contribution is 2.41. The summed E-state index contributed by atoms with van der Waals surface area (Å²) in [7, 11) is 0. The Labute approximate surface area is 121 Å². The largest absolute Gasteiger partial charge is 0.316 e. The molecule has 0 unspecified atom stereocenters. The van der Waals surface area contributed by atoms with E-state index in [9.17, 15) is 0 Å². The third-order valence-electron chi connectivity index (χ3n) is 4.97. The predicted molar refractivity (Wildman–Crippen MR) is 86.7 cm³/mol. The highest BCUT2D eigenvalue weighted by Gasteiger charge is 2.32. The van der Waals surface area contributed by atoms with Crippen molar-refractivity contribution in [2.45, 2.75) is 97.3 Å². The highest BCUT2D eigenvalue weighted by atomic mass is 14.9. The quantitative estimate of drug-likeness (QED) is 0.448. The van der Waals surface area contributed by atoms with E-state index in [0.29, 0.717) is 5.41 Å². The molecule has 1 saturated carbocycles. The number of nitrogens with one attached hydrogen (secondary N) is 1. The van der Waals surface area contributed by atoms with Gasteiger partial charge in [-0.15, -0.1) is 0 Å². The van der Waals surface area contributed by atoms with Gasteiger partial charge >= 0.3 is 0 Å². The third kappa shape index (κ3) is 7.34. The van der Waals surface area contributed by atoms with E-state index in [2.05, 4.69) is 19.2 Å². The summed E-state index contributed by atoms with van der Waals surface area (Å²) >= 11 is 0. The van der Waals surface area contributed by atoms with Gasteiger partial charge in [0, 0.05) is 6.54 Å². The van der Waals surface area contributed by atoms with Crippen molar-refractivity contribution in [3.8, 4) is 0 Å². The van der Waals surface area contributed by atoms with Gasteiger partial charge < -0.3 is 5.32 Å². The average molecular weight is 268 g/mol. The van der Waals surface area contributed by atoms with Gasteiger partial charge in [-0.05, 0) is 31.2 Å². The molecule has 114 valence electrons. The van der Waals surface area contributed by atoms with E-state index in [1.54, 1.807) is 0 Å². The molecule has 0 aromatic rings. The van der Waals surface area contributed by atoms with Crippen molar-refractivity contribution in [1.82, 2.24) is 5.32 Å². The summed E-state index contributed by atoms with van der Waals surface area (Å²) in [6.07, 6.45) is 19.0. The fourth-order valence-electron chi connectivity index (χ4n) is 3.66. The monoisotopic (exact) mass is 267 g/mol. The first-order chi connectivity index (χ1) is 9.33. The molecule has 0 spiro atoms. The van der Waals surface area contributed by atoms with Gasteiger partial charge in [0.2, 0.25) is 0 Å². The minimum Gasteiger partial charge on any atom is -0.316 e. The molecule has 0 heterocycles. The van der Waals surface area contributed by atoms with E-state index in [1.165, 1.54) is 90.0 Å². The summed E-state index contributed by atoms with van der Waals surface area (Å²) in [6, 6.07) is 0. The van der Waals surface area contributed by atoms with Crippen LogP contribution in [0.3, 0.4) is 0 Å². The zero-order valence-corrected chi connectivity index (χ0v) is 13.6. The summed E-state index contributed by atoms with van der Waals surface area (Å²) in [6.45, 7) is 6.95. The molecule has 0 aromatic carbocycles. The van der Waals surface area contributed by atoms with Crippen LogP contribution in [0.1, 0.15) is 97.3 Å². The van der Waals surface area contributed by atoms with Crippen LogP contribution in [-0.2, 0) is 0 Å². The van der Waals surface area contributed by atoms with Crippen molar-refractivity contribution >= 4 is 0 Å². The Bertz CT molecular complexity index is 194. The summed E-state index contributed by atoms with van der Waals surface area (Å²) < 4.78 is 0. The standard InChI is InChI=1S/C18H37N/c1-3-5-6-7-8-9-10-11-14-18(17-19-4-2)15-12-13-16-18/h19H,3-17H2,1-2H3. The zero-order valence-electron chi connectivity index (χ0n) is 13.6. The summed E-state index contributed by atoms with van der Waals surface area (Å²) in [5, 5.41) is 3.61. The minimum atomic E-state index is 0.679. The molecule has 1 aliphatic carbocycles. The van der Waals surface area contributed by atoms with Gasteiger partial charge in [0.15, 0.2) is 0 Å². The van der Waals surface area contributed by atoms with Gasteiger partial charge in [0.1, 0.15) is 0 Å². The van der Waals surface area contributed by atoms with Crippen molar-refractivity contribution in [2.24, 2.45) is 5.41 Å². The second-order valence-corrected chi connectivity index (χ2v) is 6.71. The maximum atomic E-state index is 3.61. The molecule has 19 heavy (non-hydrogen) atoms. The topological polar surface area (TPSA) is 12.0 Å². The highest BCUT2D eigenvalue weighted by molar-refractivity contribution is 4.86. The Morgan fingerprint density at radius 3 is 1.95 bits per heavy atom. The normalized spacial score (nSPS) is 18.0. The van der Waals surface area contributed by atoms with Crippen LogP contribution in [0.25, 0.3) is 0 Å². The van der Waals surface area contributed by atoms with Crippen molar-refractivity contribution in [2.75, 3.05) is 13.1 Å². The Morgan fingerprint density at radius 1 is 0.789 bits per heavy atom.